The number of benzene rings is 1. The third kappa shape index (κ3) is 2.51. The summed E-state index contributed by atoms with van der Waals surface area (Å²) < 4.78 is 19.1. The van der Waals surface area contributed by atoms with Gasteiger partial charge in [-0.1, -0.05) is 6.07 Å². The first-order valence-corrected chi connectivity index (χ1v) is 6.34. The number of nitrogens with zero attached hydrogens (tertiary/aromatic N) is 1. The van der Waals surface area contributed by atoms with Crippen LogP contribution in [0.25, 0.3) is 0 Å². The van der Waals surface area contributed by atoms with Crippen molar-refractivity contribution in [2.45, 2.75) is 25.4 Å². The number of nitrogens with one attached hydrogen (secondary N) is 1. The molecule has 5 nitrogen and oxygen atoms in total. The van der Waals surface area contributed by atoms with E-state index in [1.165, 1.54) is 20.2 Å². The summed E-state index contributed by atoms with van der Waals surface area (Å²) in [4.78, 5) is 24.4. The lowest BCUT2D eigenvalue weighted by atomic mass is 10.0. The molecule has 2 rings (SSSR count). The number of hydrogen-bond acceptors (Lipinski definition) is 4. The molecule has 2 atom stereocenters. The molecular weight excluding hydrogens is 263 g/mol. The number of methoxy groups -OCH3 is 1. The van der Waals surface area contributed by atoms with Gasteiger partial charge in [0.2, 0.25) is 11.8 Å². The number of hydrogen-bond donors (Lipinski definition) is 1. The number of halogens is 1. The van der Waals surface area contributed by atoms with Crippen molar-refractivity contribution in [3.05, 3.63) is 29.6 Å². The second-order valence-electron chi connectivity index (χ2n) is 4.79. The van der Waals surface area contributed by atoms with Gasteiger partial charge in [-0.3, -0.25) is 19.8 Å². The van der Waals surface area contributed by atoms with Gasteiger partial charge >= 0.3 is 0 Å². The van der Waals surface area contributed by atoms with Gasteiger partial charge < -0.3 is 4.74 Å². The zero-order valence-corrected chi connectivity index (χ0v) is 11.6. The molecular formula is C14H17FN2O3. The molecule has 0 bridgehead atoms. The van der Waals surface area contributed by atoms with E-state index in [0.717, 1.165) is 4.90 Å². The van der Waals surface area contributed by atoms with E-state index in [9.17, 15) is 14.0 Å². The highest BCUT2D eigenvalue weighted by Gasteiger charge is 2.37. The van der Waals surface area contributed by atoms with Gasteiger partial charge in [-0.25, -0.2) is 4.39 Å². The van der Waals surface area contributed by atoms with Crippen LogP contribution in [0.15, 0.2) is 18.2 Å². The van der Waals surface area contributed by atoms with Gasteiger partial charge in [0.25, 0.3) is 0 Å². The average molecular weight is 280 g/mol. The molecule has 1 aliphatic rings. The van der Waals surface area contributed by atoms with E-state index in [0.29, 0.717) is 11.3 Å². The van der Waals surface area contributed by atoms with Gasteiger partial charge in [-0.2, -0.15) is 0 Å². The molecule has 1 saturated heterocycles. The SMILES string of the molecule is COc1cccc(F)c1C(C)NC1CC(=O)N(C)C1=O. The van der Waals surface area contributed by atoms with Crippen LogP contribution in [-0.4, -0.2) is 36.9 Å². The molecule has 0 aromatic heterocycles. The van der Waals surface area contributed by atoms with Crippen LogP contribution < -0.4 is 10.1 Å². The maximum Gasteiger partial charge on any atom is 0.246 e. The molecule has 2 amide bonds. The molecule has 6 heteroatoms. The Balaban J connectivity index is 2.19. The lowest BCUT2D eigenvalue weighted by molar-refractivity contribution is -0.137. The van der Waals surface area contributed by atoms with Gasteiger partial charge in [0.05, 0.1) is 19.6 Å². The Morgan fingerprint density at radius 2 is 2.15 bits per heavy atom. The minimum atomic E-state index is -0.619. The van der Waals surface area contributed by atoms with Crippen molar-refractivity contribution in [1.82, 2.24) is 10.2 Å². The lowest BCUT2D eigenvalue weighted by Gasteiger charge is -2.20. The number of carbonyl (C=O) groups is 2. The van der Waals surface area contributed by atoms with E-state index in [2.05, 4.69) is 5.32 Å². The van der Waals surface area contributed by atoms with Crippen LogP contribution in [0.5, 0.6) is 5.75 Å². The predicted octanol–water partition coefficient (Wildman–Crippen LogP) is 1.24. The highest BCUT2D eigenvalue weighted by atomic mass is 19.1. The smallest absolute Gasteiger partial charge is 0.246 e. The Labute approximate surface area is 116 Å². The summed E-state index contributed by atoms with van der Waals surface area (Å²) in [5.41, 5.74) is 0.352. The van der Waals surface area contributed by atoms with Crippen molar-refractivity contribution >= 4 is 11.8 Å². The Bertz CT molecular complexity index is 547. The fourth-order valence-corrected chi connectivity index (χ4v) is 2.39. The van der Waals surface area contributed by atoms with E-state index in [-0.39, 0.29) is 18.2 Å². The van der Waals surface area contributed by atoms with Gasteiger partial charge in [-0.05, 0) is 19.1 Å². The zero-order chi connectivity index (χ0) is 14.9. The standard InChI is InChI=1S/C14H17FN2O3/c1-8(13-9(15)5-4-6-11(13)20-3)16-10-7-12(18)17(2)14(10)19/h4-6,8,10,16H,7H2,1-3H3. The first-order chi connectivity index (χ1) is 9.45. The molecule has 108 valence electrons. The number of likely N-dealkylation sites (N-methyl/N-ethyl adjacent to an activating group) is 1. The van der Waals surface area contributed by atoms with Gasteiger partial charge in [0.15, 0.2) is 0 Å². The summed E-state index contributed by atoms with van der Waals surface area (Å²) in [7, 11) is 2.91. The highest BCUT2D eigenvalue weighted by Crippen LogP contribution is 2.28. The second-order valence-corrected chi connectivity index (χ2v) is 4.79. The first kappa shape index (κ1) is 14.5. The van der Waals surface area contributed by atoms with Crippen LogP contribution in [0.4, 0.5) is 4.39 Å². The van der Waals surface area contributed by atoms with E-state index < -0.39 is 17.9 Å². The third-order valence-electron chi connectivity index (χ3n) is 3.50. The zero-order valence-electron chi connectivity index (χ0n) is 11.6. The average Bonchev–Trinajstić information content (AvgIpc) is 2.65. The Kier molecular flexibility index (Phi) is 4.04. The molecule has 0 aliphatic carbocycles. The molecule has 1 heterocycles. The molecule has 0 radical (unpaired) electrons. The van der Waals surface area contributed by atoms with Crippen LogP contribution in [0.1, 0.15) is 24.9 Å². The van der Waals surface area contributed by atoms with E-state index in [1.807, 2.05) is 0 Å². The fourth-order valence-electron chi connectivity index (χ4n) is 2.39. The minimum Gasteiger partial charge on any atom is -0.496 e. The second kappa shape index (κ2) is 5.58. The van der Waals surface area contributed by atoms with E-state index >= 15 is 0 Å². The maximum absolute atomic E-state index is 13.9. The summed E-state index contributed by atoms with van der Waals surface area (Å²) in [5, 5.41) is 2.99. The van der Waals surface area contributed by atoms with Gasteiger partial charge in [0.1, 0.15) is 11.6 Å². The van der Waals surface area contributed by atoms with Gasteiger partial charge in [-0.15, -0.1) is 0 Å². The number of imide groups is 1. The number of carbonyl (C=O) groups excluding carboxylic acids is 2. The lowest BCUT2D eigenvalue weighted by Crippen LogP contribution is -2.38. The molecule has 1 aliphatic heterocycles. The first-order valence-electron chi connectivity index (χ1n) is 6.34. The molecule has 1 aromatic rings. The van der Waals surface area contributed by atoms with Crippen LogP contribution >= 0.6 is 0 Å². The number of amides is 2. The summed E-state index contributed by atoms with van der Waals surface area (Å²) in [6.45, 7) is 1.73. The maximum atomic E-state index is 13.9. The largest absolute Gasteiger partial charge is 0.496 e. The van der Waals surface area contributed by atoms with Crippen LogP contribution in [0.3, 0.4) is 0 Å². The molecule has 1 fully saturated rings. The number of ether oxygens (including phenoxy) is 1. The molecule has 0 spiro atoms. The number of rotatable bonds is 4. The van der Waals surface area contributed by atoms with Crippen molar-refractivity contribution < 1.29 is 18.7 Å². The van der Waals surface area contributed by atoms with Crippen LogP contribution in [-0.2, 0) is 9.59 Å². The van der Waals surface area contributed by atoms with Crippen molar-refractivity contribution in [2.24, 2.45) is 0 Å². The van der Waals surface area contributed by atoms with E-state index in [1.54, 1.807) is 19.1 Å². The van der Waals surface area contributed by atoms with Crippen LogP contribution in [0.2, 0.25) is 0 Å². The fraction of sp³-hybridized carbons (Fsp3) is 0.429. The summed E-state index contributed by atoms with van der Waals surface area (Å²) >= 11 is 0. The van der Waals surface area contributed by atoms with Crippen molar-refractivity contribution in [1.29, 1.82) is 0 Å². The molecule has 20 heavy (non-hydrogen) atoms. The van der Waals surface area contributed by atoms with E-state index in [4.69, 9.17) is 4.74 Å². The highest BCUT2D eigenvalue weighted by molar-refractivity contribution is 6.05. The number of likely N-dealkylation sites (tertiary alicyclic amines) is 1. The minimum absolute atomic E-state index is 0.0937. The normalized spacial score (nSPS) is 20.4. The Morgan fingerprint density at radius 1 is 1.45 bits per heavy atom. The molecule has 1 aromatic carbocycles. The molecule has 1 N–H and O–H groups in total. The predicted molar refractivity (Wildman–Crippen MR) is 70.7 cm³/mol. The molecule has 0 saturated carbocycles. The van der Waals surface area contributed by atoms with Gasteiger partial charge in [0, 0.05) is 18.7 Å². The monoisotopic (exact) mass is 280 g/mol. The quantitative estimate of drug-likeness (QED) is 0.843. The Morgan fingerprint density at radius 3 is 2.70 bits per heavy atom. The third-order valence-corrected chi connectivity index (χ3v) is 3.50. The Hall–Kier alpha value is -1.95. The summed E-state index contributed by atoms with van der Waals surface area (Å²) in [6.07, 6.45) is 0.0937. The summed E-state index contributed by atoms with van der Waals surface area (Å²) in [6, 6.07) is 3.49. The van der Waals surface area contributed by atoms with Crippen molar-refractivity contribution in [3.63, 3.8) is 0 Å². The van der Waals surface area contributed by atoms with Crippen molar-refractivity contribution in [3.8, 4) is 5.75 Å². The van der Waals surface area contributed by atoms with Crippen LogP contribution in [0, 0.1) is 5.82 Å². The van der Waals surface area contributed by atoms with Crippen molar-refractivity contribution in [2.75, 3.05) is 14.2 Å². The molecule has 2 unspecified atom stereocenters. The topological polar surface area (TPSA) is 58.6 Å². The summed E-state index contributed by atoms with van der Waals surface area (Å²) in [5.74, 6) is -0.526.